The van der Waals surface area contributed by atoms with Gasteiger partial charge in [0.2, 0.25) is 0 Å². The Labute approximate surface area is 87.7 Å². The Morgan fingerprint density at radius 3 is 2.86 bits per heavy atom. The monoisotopic (exact) mass is 217 g/mol. The van der Waals surface area contributed by atoms with Crippen molar-refractivity contribution in [3.05, 3.63) is 34.6 Å². The molecule has 0 radical (unpaired) electrons. The van der Waals surface area contributed by atoms with Crippen LogP contribution in [0.15, 0.2) is 18.2 Å². The molecule has 1 atom stereocenters. The summed E-state index contributed by atoms with van der Waals surface area (Å²) in [7, 11) is 1.76. The molecule has 0 saturated carbocycles. The summed E-state index contributed by atoms with van der Waals surface area (Å²) in [5.74, 6) is -0.432. The van der Waals surface area contributed by atoms with Crippen LogP contribution in [0, 0.1) is 5.82 Å². The lowest BCUT2D eigenvalue weighted by Gasteiger charge is -2.09. The lowest BCUT2D eigenvalue weighted by Crippen LogP contribution is -2.25. The first-order valence-corrected chi connectivity index (χ1v) is 4.78. The molecule has 0 saturated heterocycles. The first-order valence-electron chi connectivity index (χ1n) is 4.40. The Morgan fingerprint density at radius 2 is 2.29 bits per heavy atom. The molecule has 0 spiro atoms. The normalized spacial score (nSPS) is 12.9. The zero-order chi connectivity index (χ0) is 10.6. The van der Waals surface area contributed by atoms with E-state index in [0.29, 0.717) is 13.0 Å². The van der Waals surface area contributed by atoms with Crippen LogP contribution >= 0.6 is 11.6 Å². The van der Waals surface area contributed by atoms with E-state index in [1.807, 2.05) is 0 Å². The van der Waals surface area contributed by atoms with Gasteiger partial charge in [-0.2, -0.15) is 0 Å². The molecule has 2 N–H and O–H groups in total. The highest BCUT2D eigenvalue weighted by Gasteiger charge is 2.06. The quantitative estimate of drug-likeness (QED) is 0.803. The third-order valence-corrected chi connectivity index (χ3v) is 2.18. The molecule has 0 fully saturated rings. The fourth-order valence-electron chi connectivity index (χ4n) is 1.25. The largest absolute Gasteiger partial charge is 0.391 e. The van der Waals surface area contributed by atoms with Crippen molar-refractivity contribution >= 4 is 11.6 Å². The van der Waals surface area contributed by atoms with Gasteiger partial charge in [0.15, 0.2) is 0 Å². The molecule has 78 valence electrons. The fourth-order valence-corrected chi connectivity index (χ4v) is 1.45. The van der Waals surface area contributed by atoms with Gasteiger partial charge < -0.3 is 10.4 Å². The van der Waals surface area contributed by atoms with Gasteiger partial charge >= 0.3 is 0 Å². The minimum Gasteiger partial charge on any atom is -0.391 e. The SMILES string of the molecule is CNCC(O)Cc1ccc(F)c(Cl)c1. The van der Waals surface area contributed by atoms with Crippen LogP contribution in [-0.2, 0) is 6.42 Å². The first-order chi connectivity index (χ1) is 6.63. The zero-order valence-electron chi connectivity index (χ0n) is 7.93. The van der Waals surface area contributed by atoms with Crippen LogP contribution in [0.1, 0.15) is 5.56 Å². The lowest BCUT2D eigenvalue weighted by molar-refractivity contribution is 0.175. The molecule has 0 aromatic heterocycles. The number of nitrogens with one attached hydrogen (secondary N) is 1. The number of benzene rings is 1. The van der Waals surface area contributed by atoms with Crippen molar-refractivity contribution in [1.82, 2.24) is 5.32 Å². The van der Waals surface area contributed by atoms with Crippen molar-refractivity contribution in [3.8, 4) is 0 Å². The molecule has 0 aliphatic rings. The van der Waals surface area contributed by atoms with Crippen molar-refractivity contribution in [2.45, 2.75) is 12.5 Å². The van der Waals surface area contributed by atoms with Gasteiger partial charge in [-0.1, -0.05) is 17.7 Å². The number of rotatable bonds is 4. The van der Waals surface area contributed by atoms with E-state index in [1.54, 1.807) is 13.1 Å². The summed E-state index contributed by atoms with van der Waals surface area (Å²) in [6.45, 7) is 0.509. The smallest absolute Gasteiger partial charge is 0.141 e. The molecule has 2 nitrogen and oxygen atoms in total. The maximum absolute atomic E-state index is 12.8. The first kappa shape index (κ1) is 11.4. The molecular weight excluding hydrogens is 205 g/mol. The molecule has 1 unspecified atom stereocenters. The number of aliphatic hydroxyl groups excluding tert-OH is 1. The maximum Gasteiger partial charge on any atom is 0.141 e. The van der Waals surface area contributed by atoms with Crippen LogP contribution in [-0.4, -0.2) is 24.8 Å². The van der Waals surface area contributed by atoms with Crippen molar-refractivity contribution in [1.29, 1.82) is 0 Å². The van der Waals surface area contributed by atoms with Gasteiger partial charge in [-0.05, 0) is 31.2 Å². The van der Waals surface area contributed by atoms with E-state index in [0.717, 1.165) is 5.56 Å². The van der Waals surface area contributed by atoms with E-state index < -0.39 is 11.9 Å². The summed E-state index contributed by atoms with van der Waals surface area (Å²) in [5, 5.41) is 12.4. The van der Waals surface area contributed by atoms with Gasteiger partial charge in [0.05, 0.1) is 11.1 Å². The van der Waals surface area contributed by atoms with Crippen molar-refractivity contribution in [3.63, 3.8) is 0 Å². The third-order valence-electron chi connectivity index (χ3n) is 1.90. The summed E-state index contributed by atoms with van der Waals surface area (Å²) in [6.07, 6.45) is 0.00225. The Balaban J connectivity index is 2.63. The fraction of sp³-hybridized carbons (Fsp3) is 0.400. The Bertz CT molecular complexity index is 306. The van der Waals surface area contributed by atoms with E-state index in [9.17, 15) is 9.50 Å². The second-order valence-corrected chi connectivity index (χ2v) is 3.57. The predicted octanol–water partition coefficient (Wildman–Crippen LogP) is 1.60. The standard InChI is InChI=1S/C10H13ClFNO/c1-13-6-8(14)4-7-2-3-10(12)9(11)5-7/h2-3,5,8,13-14H,4,6H2,1H3. The second-order valence-electron chi connectivity index (χ2n) is 3.16. The van der Waals surface area contributed by atoms with Gasteiger partial charge in [-0.3, -0.25) is 0 Å². The highest BCUT2D eigenvalue weighted by molar-refractivity contribution is 6.30. The van der Waals surface area contributed by atoms with Crippen LogP contribution in [0.2, 0.25) is 5.02 Å². The summed E-state index contributed by atoms with van der Waals surface area (Å²) >= 11 is 5.60. The topological polar surface area (TPSA) is 32.3 Å². The molecule has 0 heterocycles. The van der Waals surface area contributed by atoms with Crippen LogP contribution in [0.3, 0.4) is 0 Å². The van der Waals surface area contributed by atoms with Crippen molar-refractivity contribution < 1.29 is 9.50 Å². The highest BCUT2D eigenvalue weighted by Crippen LogP contribution is 2.16. The van der Waals surface area contributed by atoms with E-state index in [-0.39, 0.29) is 5.02 Å². The molecular formula is C10H13ClFNO. The number of hydrogen-bond donors (Lipinski definition) is 2. The Morgan fingerprint density at radius 1 is 1.57 bits per heavy atom. The van der Waals surface area contributed by atoms with E-state index in [1.165, 1.54) is 12.1 Å². The average molecular weight is 218 g/mol. The van der Waals surface area contributed by atoms with Gasteiger partial charge in [0.1, 0.15) is 5.82 Å². The van der Waals surface area contributed by atoms with Crippen molar-refractivity contribution in [2.24, 2.45) is 0 Å². The van der Waals surface area contributed by atoms with Gasteiger partial charge in [-0.25, -0.2) is 4.39 Å². The van der Waals surface area contributed by atoms with E-state index in [2.05, 4.69) is 5.32 Å². The minimum absolute atomic E-state index is 0.0964. The van der Waals surface area contributed by atoms with Crippen molar-refractivity contribution in [2.75, 3.05) is 13.6 Å². The maximum atomic E-state index is 12.8. The number of likely N-dealkylation sites (N-methyl/N-ethyl adjacent to an activating group) is 1. The molecule has 0 bridgehead atoms. The number of aliphatic hydroxyl groups is 1. The summed E-state index contributed by atoms with van der Waals surface area (Å²) in [4.78, 5) is 0. The molecule has 1 aromatic rings. The minimum atomic E-state index is -0.471. The molecule has 0 aliphatic carbocycles. The molecule has 1 aromatic carbocycles. The number of hydrogen-bond acceptors (Lipinski definition) is 2. The van der Waals surface area contributed by atoms with Crippen LogP contribution < -0.4 is 5.32 Å². The molecule has 1 rings (SSSR count). The molecule has 14 heavy (non-hydrogen) atoms. The molecule has 0 aliphatic heterocycles. The summed E-state index contributed by atoms with van der Waals surface area (Å²) in [6, 6.07) is 4.47. The van der Waals surface area contributed by atoms with E-state index in [4.69, 9.17) is 11.6 Å². The summed E-state index contributed by atoms with van der Waals surface area (Å²) < 4.78 is 12.8. The van der Waals surface area contributed by atoms with Crippen LogP contribution in [0.4, 0.5) is 4.39 Å². The highest BCUT2D eigenvalue weighted by atomic mass is 35.5. The van der Waals surface area contributed by atoms with Crippen LogP contribution in [0.5, 0.6) is 0 Å². The number of halogens is 2. The zero-order valence-corrected chi connectivity index (χ0v) is 8.68. The Hall–Kier alpha value is -0.640. The molecule has 4 heteroatoms. The average Bonchev–Trinajstić information content (AvgIpc) is 2.12. The Kier molecular flexibility index (Phi) is 4.32. The van der Waals surface area contributed by atoms with Gasteiger partial charge in [-0.15, -0.1) is 0 Å². The molecule has 0 amide bonds. The van der Waals surface area contributed by atoms with Gasteiger partial charge in [0.25, 0.3) is 0 Å². The predicted molar refractivity (Wildman–Crippen MR) is 55.0 cm³/mol. The third kappa shape index (κ3) is 3.25. The lowest BCUT2D eigenvalue weighted by atomic mass is 10.1. The van der Waals surface area contributed by atoms with Crippen LogP contribution in [0.25, 0.3) is 0 Å². The van der Waals surface area contributed by atoms with Gasteiger partial charge in [0, 0.05) is 6.54 Å². The summed E-state index contributed by atoms with van der Waals surface area (Å²) in [5.41, 5.74) is 0.833. The van der Waals surface area contributed by atoms with E-state index >= 15 is 0 Å². The second kappa shape index (κ2) is 5.29.